The molecule has 26 heavy (non-hydrogen) atoms. The molecule has 1 aliphatic carbocycles. The van der Waals surface area contributed by atoms with Crippen molar-refractivity contribution in [3.8, 4) is 5.75 Å². The second-order valence-electron chi connectivity index (χ2n) is 6.29. The van der Waals surface area contributed by atoms with Gasteiger partial charge in [-0.1, -0.05) is 25.0 Å². The number of carbonyl (C=O) groups excluding carboxylic acids is 2. The van der Waals surface area contributed by atoms with Crippen molar-refractivity contribution >= 4 is 11.9 Å². The number of rotatable bonds is 8. The number of esters is 2. The molecule has 0 aromatic heterocycles. The van der Waals surface area contributed by atoms with Crippen LogP contribution in [0.15, 0.2) is 24.3 Å². The Morgan fingerprint density at radius 2 is 1.92 bits per heavy atom. The Hall–Kier alpha value is -2.09. The average molecular weight is 373 g/mol. The summed E-state index contributed by atoms with van der Waals surface area (Å²) in [5, 5.41) is 2.92. The lowest BCUT2D eigenvalue weighted by Crippen LogP contribution is -2.29. The molecule has 1 aromatic rings. The van der Waals surface area contributed by atoms with E-state index in [0.29, 0.717) is 19.1 Å². The van der Waals surface area contributed by atoms with E-state index in [4.69, 9.17) is 4.74 Å². The second-order valence-corrected chi connectivity index (χ2v) is 6.29. The maximum atomic E-state index is 12.0. The minimum Gasteiger partial charge on any atom is -0.493 e. The maximum Gasteiger partial charge on any atom is 0.491 e. The molecule has 0 unspecified atom stereocenters. The fourth-order valence-corrected chi connectivity index (χ4v) is 2.77. The largest absolute Gasteiger partial charge is 0.493 e. The first kappa shape index (κ1) is 20.2. The van der Waals surface area contributed by atoms with E-state index in [1.807, 2.05) is 24.3 Å². The van der Waals surface area contributed by atoms with E-state index in [1.165, 1.54) is 25.7 Å². The molecule has 0 bridgehead atoms. The molecule has 0 atom stereocenters. The van der Waals surface area contributed by atoms with Gasteiger partial charge in [0.2, 0.25) is 0 Å². The smallest absolute Gasteiger partial charge is 0.491 e. The van der Waals surface area contributed by atoms with Crippen molar-refractivity contribution in [3.05, 3.63) is 29.8 Å². The Kier molecular flexibility index (Phi) is 7.44. The number of hydrogen-bond donors (Lipinski definition) is 1. The van der Waals surface area contributed by atoms with Crippen LogP contribution in [0.5, 0.6) is 5.75 Å². The van der Waals surface area contributed by atoms with E-state index < -0.39 is 18.1 Å². The molecule has 2 rings (SSSR count). The Labute approximate surface area is 149 Å². The number of carbonyl (C=O) groups is 2. The lowest BCUT2D eigenvalue weighted by atomic mass is 10.1. The summed E-state index contributed by atoms with van der Waals surface area (Å²) in [6.45, 7) is 1.22. The molecule has 1 fully saturated rings. The minimum absolute atomic E-state index is 0.0944. The number of halogens is 3. The van der Waals surface area contributed by atoms with Gasteiger partial charge in [-0.05, 0) is 36.5 Å². The standard InChI is InChI=1S/C18H22F3NO4/c19-18(20,21)17(24)26-16(23)8-9-22-11-14-6-3-7-15(10-14)25-12-13-4-1-2-5-13/h3,6-7,10,13,22H,1-2,4-5,8-9,11-12H2. The van der Waals surface area contributed by atoms with E-state index in [9.17, 15) is 22.8 Å². The van der Waals surface area contributed by atoms with Gasteiger partial charge in [-0.25, -0.2) is 4.79 Å². The highest BCUT2D eigenvalue weighted by Crippen LogP contribution is 2.25. The van der Waals surface area contributed by atoms with Gasteiger partial charge < -0.3 is 14.8 Å². The fourth-order valence-electron chi connectivity index (χ4n) is 2.77. The molecule has 1 saturated carbocycles. The third kappa shape index (κ3) is 7.03. The van der Waals surface area contributed by atoms with E-state index in [0.717, 1.165) is 11.3 Å². The number of hydrogen-bond acceptors (Lipinski definition) is 5. The normalized spacial score (nSPS) is 15.0. The summed E-state index contributed by atoms with van der Waals surface area (Å²) in [5.74, 6) is -2.32. The quantitative estimate of drug-likeness (QED) is 0.430. The van der Waals surface area contributed by atoms with E-state index >= 15 is 0 Å². The summed E-state index contributed by atoms with van der Waals surface area (Å²) in [4.78, 5) is 21.7. The Balaban J connectivity index is 1.66. The summed E-state index contributed by atoms with van der Waals surface area (Å²) in [7, 11) is 0. The summed E-state index contributed by atoms with van der Waals surface area (Å²) in [6.07, 6.45) is -0.575. The van der Waals surface area contributed by atoms with Crippen LogP contribution in [-0.4, -0.2) is 31.3 Å². The molecular formula is C18H22F3NO4. The number of ether oxygens (including phenoxy) is 2. The first-order valence-corrected chi connectivity index (χ1v) is 8.59. The van der Waals surface area contributed by atoms with Gasteiger partial charge in [-0.2, -0.15) is 13.2 Å². The van der Waals surface area contributed by atoms with Crippen LogP contribution >= 0.6 is 0 Å². The first-order valence-electron chi connectivity index (χ1n) is 8.59. The van der Waals surface area contributed by atoms with E-state index in [-0.39, 0.29) is 13.0 Å². The SMILES string of the molecule is O=C(CCNCc1cccc(OCC2CCCC2)c1)OC(=O)C(F)(F)F. The van der Waals surface area contributed by atoms with Crippen molar-refractivity contribution in [2.75, 3.05) is 13.2 Å². The van der Waals surface area contributed by atoms with Crippen LogP contribution in [0.2, 0.25) is 0 Å². The van der Waals surface area contributed by atoms with Crippen LogP contribution in [0.3, 0.4) is 0 Å². The molecule has 0 heterocycles. The van der Waals surface area contributed by atoms with Crippen LogP contribution in [0, 0.1) is 5.92 Å². The van der Waals surface area contributed by atoms with Crippen LogP contribution in [0.25, 0.3) is 0 Å². The number of alkyl halides is 3. The van der Waals surface area contributed by atoms with Crippen LogP contribution in [-0.2, 0) is 20.9 Å². The van der Waals surface area contributed by atoms with E-state index in [2.05, 4.69) is 10.1 Å². The van der Waals surface area contributed by atoms with Crippen molar-refractivity contribution < 1.29 is 32.2 Å². The molecule has 0 aliphatic heterocycles. The lowest BCUT2D eigenvalue weighted by Gasteiger charge is -2.12. The predicted octanol–water partition coefficient (Wildman–Crippen LogP) is 3.37. The molecule has 144 valence electrons. The fraction of sp³-hybridized carbons (Fsp3) is 0.556. The van der Waals surface area contributed by atoms with Crippen LogP contribution in [0.4, 0.5) is 13.2 Å². The zero-order valence-corrected chi connectivity index (χ0v) is 14.3. The monoisotopic (exact) mass is 373 g/mol. The second kappa shape index (κ2) is 9.56. The third-order valence-electron chi connectivity index (χ3n) is 4.13. The number of benzene rings is 1. The molecule has 8 heteroatoms. The highest BCUT2D eigenvalue weighted by atomic mass is 19.4. The number of nitrogens with one attached hydrogen (secondary N) is 1. The molecule has 0 amide bonds. The zero-order chi connectivity index (χ0) is 19.0. The van der Waals surface area contributed by atoms with Gasteiger partial charge in [0.15, 0.2) is 0 Å². The summed E-state index contributed by atoms with van der Waals surface area (Å²) < 4.78 is 45.4. The maximum absolute atomic E-state index is 12.0. The minimum atomic E-state index is -5.16. The Bertz CT molecular complexity index is 613. The van der Waals surface area contributed by atoms with Gasteiger partial charge in [-0.3, -0.25) is 4.79 Å². The lowest BCUT2D eigenvalue weighted by molar-refractivity contribution is -0.201. The molecular weight excluding hydrogens is 351 g/mol. The molecule has 0 spiro atoms. The molecule has 0 saturated heterocycles. The summed E-state index contributed by atoms with van der Waals surface area (Å²) in [6, 6.07) is 7.49. The molecule has 1 aliphatic rings. The van der Waals surface area contributed by atoms with Crippen molar-refractivity contribution in [1.82, 2.24) is 5.32 Å². The predicted molar refractivity (Wildman–Crippen MR) is 87.4 cm³/mol. The van der Waals surface area contributed by atoms with Crippen molar-refractivity contribution in [2.45, 2.75) is 44.8 Å². The van der Waals surface area contributed by atoms with Crippen molar-refractivity contribution in [3.63, 3.8) is 0 Å². The van der Waals surface area contributed by atoms with Gasteiger partial charge in [0.1, 0.15) is 5.75 Å². The molecule has 5 nitrogen and oxygen atoms in total. The van der Waals surface area contributed by atoms with Gasteiger partial charge >= 0.3 is 18.1 Å². The highest BCUT2D eigenvalue weighted by molar-refractivity contribution is 5.88. The summed E-state index contributed by atoms with van der Waals surface area (Å²) >= 11 is 0. The van der Waals surface area contributed by atoms with Gasteiger partial charge in [-0.15, -0.1) is 0 Å². The summed E-state index contributed by atoms with van der Waals surface area (Å²) in [5.41, 5.74) is 0.925. The average Bonchev–Trinajstić information content (AvgIpc) is 3.10. The zero-order valence-electron chi connectivity index (χ0n) is 14.3. The van der Waals surface area contributed by atoms with Crippen molar-refractivity contribution in [2.24, 2.45) is 5.92 Å². The van der Waals surface area contributed by atoms with Crippen LogP contribution in [0.1, 0.15) is 37.7 Å². The van der Waals surface area contributed by atoms with Gasteiger partial charge in [0, 0.05) is 13.1 Å². The molecule has 1 aromatic carbocycles. The van der Waals surface area contributed by atoms with Crippen molar-refractivity contribution in [1.29, 1.82) is 0 Å². The topological polar surface area (TPSA) is 64.6 Å². The Morgan fingerprint density at radius 3 is 2.62 bits per heavy atom. The Morgan fingerprint density at radius 1 is 1.19 bits per heavy atom. The first-order chi connectivity index (χ1) is 12.3. The van der Waals surface area contributed by atoms with Gasteiger partial charge in [0.05, 0.1) is 13.0 Å². The van der Waals surface area contributed by atoms with Crippen LogP contribution < -0.4 is 10.1 Å². The molecule has 0 radical (unpaired) electrons. The highest BCUT2D eigenvalue weighted by Gasteiger charge is 2.42. The van der Waals surface area contributed by atoms with E-state index in [1.54, 1.807) is 0 Å². The molecule has 1 N–H and O–H groups in total. The van der Waals surface area contributed by atoms with Gasteiger partial charge in [0.25, 0.3) is 0 Å². The third-order valence-corrected chi connectivity index (χ3v) is 4.13.